The summed E-state index contributed by atoms with van der Waals surface area (Å²) in [5, 5.41) is 16.6. The van der Waals surface area contributed by atoms with Gasteiger partial charge in [0.25, 0.3) is 11.6 Å². The zero-order valence-electron chi connectivity index (χ0n) is 11.4. The second kappa shape index (κ2) is 8.43. The van der Waals surface area contributed by atoms with Gasteiger partial charge in [-0.15, -0.1) is 12.4 Å². The lowest BCUT2D eigenvalue weighted by atomic mass is 10.1. The lowest BCUT2D eigenvalue weighted by Crippen LogP contribution is -2.46. The number of nitrogens with zero attached hydrogens (tertiary/aromatic N) is 1. The largest absolute Gasteiger partial charge is 0.484 e. The molecule has 0 aromatic heterocycles. The van der Waals surface area contributed by atoms with Crippen molar-refractivity contribution in [2.75, 3.05) is 19.7 Å². The fourth-order valence-corrected chi connectivity index (χ4v) is 2.06. The minimum atomic E-state index is -0.480. The number of non-ortho nitro benzene ring substituents is 1. The number of amides is 1. The number of nitrogens with one attached hydrogen (secondary N) is 2. The predicted octanol–water partition coefficient (Wildman–Crippen LogP) is 1.26. The Labute approximate surface area is 128 Å². The standard InChI is InChI=1S/C13H17N3O4.ClH/c17-13(15-10-2-1-7-14-8-10)9-20-12-5-3-11(4-6-12)16(18)19;/h3-6,10,14H,1-2,7-9H2,(H,15,17);1H/t10-;/m0./s1. The fraction of sp³-hybridized carbons (Fsp3) is 0.462. The third-order valence-corrected chi connectivity index (χ3v) is 3.08. The van der Waals surface area contributed by atoms with E-state index in [4.69, 9.17) is 4.74 Å². The van der Waals surface area contributed by atoms with Crippen LogP contribution in [0.4, 0.5) is 5.69 Å². The minimum absolute atomic E-state index is 0. The molecule has 8 heteroatoms. The van der Waals surface area contributed by atoms with Gasteiger partial charge in [-0.1, -0.05) is 0 Å². The minimum Gasteiger partial charge on any atom is -0.484 e. The van der Waals surface area contributed by atoms with Crippen LogP contribution in [-0.2, 0) is 4.79 Å². The number of hydrogen-bond donors (Lipinski definition) is 2. The maximum Gasteiger partial charge on any atom is 0.269 e. The molecule has 21 heavy (non-hydrogen) atoms. The van der Waals surface area contributed by atoms with Gasteiger partial charge in [-0.25, -0.2) is 0 Å². The van der Waals surface area contributed by atoms with Crippen LogP contribution < -0.4 is 15.4 Å². The highest BCUT2D eigenvalue weighted by molar-refractivity contribution is 5.85. The summed E-state index contributed by atoms with van der Waals surface area (Å²) >= 11 is 0. The molecule has 1 aliphatic heterocycles. The summed E-state index contributed by atoms with van der Waals surface area (Å²) in [5.74, 6) is 0.254. The van der Waals surface area contributed by atoms with Crippen LogP contribution in [0.25, 0.3) is 0 Å². The Hall–Kier alpha value is -1.86. The van der Waals surface area contributed by atoms with Gasteiger partial charge in [0.2, 0.25) is 0 Å². The predicted molar refractivity (Wildman–Crippen MR) is 79.9 cm³/mol. The number of nitro groups is 1. The molecule has 0 saturated carbocycles. The number of carbonyl (C=O) groups excluding carboxylic acids is 1. The second-order valence-electron chi connectivity index (χ2n) is 4.65. The topological polar surface area (TPSA) is 93.5 Å². The van der Waals surface area contributed by atoms with Gasteiger partial charge in [-0.2, -0.15) is 0 Å². The van der Waals surface area contributed by atoms with Crippen LogP contribution >= 0.6 is 12.4 Å². The van der Waals surface area contributed by atoms with E-state index < -0.39 is 4.92 Å². The number of carbonyl (C=O) groups is 1. The number of nitro benzene ring substituents is 1. The van der Waals surface area contributed by atoms with Gasteiger partial charge in [0, 0.05) is 24.7 Å². The monoisotopic (exact) mass is 315 g/mol. The lowest BCUT2D eigenvalue weighted by Gasteiger charge is -2.23. The molecule has 0 spiro atoms. The van der Waals surface area contributed by atoms with Gasteiger partial charge in [0.1, 0.15) is 5.75 Å². The summed E-state index contributed by atoms with van der Waals surface area (Å²) in [4.78, 5) is 21.7. The fourth-order valence-electron chi connectivity index (χ4n) is 2.06. The van der Waals surface area contributed by atoms with Gasteiger partial charge in [-0.3, -0.25) is 14.9 Å². The van der Waals surface area contributed by atoms with Crippen molar-refractivity contribution < 1.29 is 14.5 Å². The normalized spacial score (nSPS) is 17.4. The SMILES string of the molecule is Cl.O=C(COc1ccc([N+](=O)[O-])cc1)N[C@H]1CCCNC1. The average Bonchev–Trinajstić information content (AvgIpc) is 2.46. The van der Waals surface area contributed by atoms with E-state index in [9.17, 15) is 14.9 Å². The number of ether oxygens (including phenoxy) is 1. The molecule has 0 radical (unpaired) electrons. The van der Waals surface area contributed by atoms with E-state index in [0.717, 1.165) is 25.9 Å². The zero-order chi connectivity index (χ0) is 14.4. The summed E-state index contributed by atoms with van der Waals surface area (Å²) in [7, 11) is 0. The van der Waals surface area contributed by atoms with E-state index in [0.29, 0.717) is 5.75 Å². The number of rotatable bonds is 5. The van der Waals surface area contributed by atoms with Crippen LogP contribution in [0.2, 0.25) is 0 Å². The van der Waals surface area contributed by atoms with Crippen LogP contribution in [-0.4, -0.2) is 36.6 Å². The van der Waals surface area contributed by atoms with Crippen LogP contribution in [0, 0.1) is 10.1 Å². The van der Waals surface area contributed by atoms with E-state index in [1.165, 1.54) is 24.3 Å². The Morgan fingerprint density at radius 2 is 2.14 bits per heavy atom. The van der Waals surface area contributed by atoms with Crippen molar-refractivity contribution in [3.63, 3.8) is 0 Å². The molecule has 1 heterocycles. The van der Waals surface area contributed by atoms with Crippen molar-refractivity contribution in [2.45, 2.75) is 18.9 Å². The second-order valence-corrected chi connectivity index (χ2v) is 4.65. The van der Waals surface area contributed by atoms with Gasteiger partial charge < -0.3 is 15.4 Å². The van der Waals surface area contributed by atoms with E-state index in [-0.39, 0.29) is 36.7 Å². The Morgan fingerprint density at radius 1 is 1.43 bits per heavy atom. The lowest BCUT2D eigenvalue weighted by molar-refractivity contribution is -0.384. The van der Waals surface area contributed by atoms with Crippen LogP contribution in [0.5, 0.6) is 5.75 Å². The first-order valence-corrected chi connectivity index (χ1v) is 6.52. The first kappa shape index (κ1) is 17.2. The molecule has 116 valence electrons. The summed E-state index contributed by atoms with van der Waals surface area (Å²) < 4.78 is 5.29. The molecule has 1 aromatic rings. The Kier molecular flexibility index (Phi) is 6.90. The van der Waals surface area contributed by atoms with Crippen molar-refractivity contribution in [1.82, 2.24) is 10.6 Å². The van der Waals surface area contributed by atoms with E-state index in [2.05, 4.69) is 10.6 Å². The maximum absolute atomic E-state index is 11.7. The third kappa shape index (κ3) is 5.57. The zero-order valence-corrected chi connectivity index (χ0v) is 12.2. The summed E-state index contributed by atoms with van der Waals surface area (Å²) in [6.45, 7) is 1.68. The number of benzene rings is 1. The van der Waals surface area contributed by atoms with Crippen molar-refractivity contribution in [2.24, 2.45) is 0 Å². The molecule has 0 unspecified atom stereocenters. The number of hydrogen-bond acceptors (Lipinski definition) is 5. The molecule has 7 nitrogen and oxygen atoms in total. The number of halogens is 1. The third-order valence-electron chi connectivity index (χ3n) is 3.08. The van der Waals surface area contributed by atoms with Crippen molar-refractivity contribution in [3.8, 4) is 5.75 Å². The molecular weight excluding hydrogens is 298 g/mol. The molecule has 1 fully saturated rings. The Bertz CT molecular complexity index is 475. The van der Waals surface area contributed by atoms with Gasteiger partial charge in [0.15, 0.2) is 6.61 Å². The Morgan fingerprint density at radius 3 is 2.71 bits per heavy atom. The highest BCUT2D eigenvalue weighted by Crippen LogP contribution is 2.17. The number of piperidine rings is 1. The van der Waals surface area contributed by atoms with Gasteiger partial charge >= 0.3 is 0 Å². The van der Waals surface area contributed by atoms with Gasteiger partial charge in [0.05, 0.1) is 4.92 Å². The molecule has 1 saturated heterocycles. The quantitative estimate of drug-likeness (QED) is 0.630. The highest BCUT2D eigenvalue weighted by Gasteiger charge is 2.15. The molecule has 2 rings (SSSR count). The molecule has 1 aromatic carbocycles. The van der Waals surface area contributed by atoms with Crippen molar-refractivity contribution in [3.05, 3.63) is 34.4 Å². The average molecular weight is 316 g/mol. The molecule has 1 atom stereocenters. The first-order chi connectivity index (χ1) is 9.65. The van der Waals surface area contributed by atoms with Crippen LogP contribution in [0.15, 0.2) is 24.3 Å². The molecule has 2 N–H and O–H groups in total. The van der Waals surface area contributed by atoms with Crippen molar-refractivity contribution in [1.29, 1.82) is 0 Å². The molecule has 1 amide bonds. The van der Waals surface area contributed by atoms with Crippen LogP contribution in [0.1, 0.15) is 12.8 Å². The van der Waals surface area contributed by atoms with Gasteiger partial charge in [-0.05, 0) is 31.5 Å². The van der Waals surface area contributed by atoms with Crippen molar-refractivity contribution >= 4 is 24.0 Å². The molecular formula is C13H18ClN3O4. The summed E-state index contributed by atoms with van der Waals surface area (Å²) in [6.07, 6.45) is 2.02. The summed E-state index contributed by atoms with van der Waals surface area (Å²) in [6, 6.07) is 5.80. The smallest absolute Gasteiger partial charge is 0.269 e. The molecule has 1 aliphatic rings. The van der Waals surface area contributed by atoms with E-state index in [1.54, 1.807) is 0 Å². The summed E-state index contributed by atoms with van der Waals surface area (Å²) in [5.41, 5.74) is -0.00455. The van der Waals surface area contributed by atoms with E-state index in [1.807, 2.05) is 0 Å². The highest BCUT2D eigenvalue weighted by atomic mass is 35.5. The first-order valence-electron chi connectivity index (χ1n) is 6.52. The Balaban J connectivity index is 0.00000220. The molecule has 0 bridgehead atoms. The van der Waals surface area contributed by atoms with Crippen LogP contribution in [0.3, 0.4) is 0 Å². The van der Waals surface area contributed by atoms with E-state index >= 15 is 0 Å². The maximum atomic E-state index is 11.7. The molecule has 0 aliphatic carbocycles.